The lowest BCUT2D eigenvalue weighted by Gasteiger charge is -2.41. The number of hydrogen-bond acceptors (Lipinski definition) is 8. The van der Waals surface area contributed by atoms with Crippen molar-refractivity contribution in [1.82, 2.24) is 20.0 Å². The van der Waals surface area contributed by atoms with Crippen molar-refractivity contribution in [2.24, 2.45) is 29.6 Å². The largest absolute Gasteiger partial charge is 0.481 e. The molecule has 1 saturated heterocycles. The number of likely N-dealkylation sites (N-methyl/N-ethyl adjacent to an activating group) is 2. The van der Waals surface area contributed by atoms with Gasteiger partial charge in [-0.15, -0.1) is 0 Å². The highest BCUT2D eigenvalue weighted by atomic mass is 16.5. The van der Waals surface area contributed by atoms with Crippen LogP contribution in [0.2, 0.25) is 0 Å². The molecule has 12 nitrogen and oxygen atoms in total. The molecule has 0 aromatic heterocycles. The molecular weight excluding hydrogens is 676 g/mol. The molecule has 1 aromatic rings. The number of nitrogens with zero attached hydrogens (tertiary/aromatic N) is 3. The monoisotopic (exact) mass is 745 g/mol. The van der Waals surface area contributed by atoms with Crippen LogP contribution in [0.4, 0.5) is 0 Å². The topological polar surface area (TPSA) is 146 Å². The Morgan fingerprint density at radius 3 is 2.04 bits per heavy atom. The summed E-state index contributed by atoms with van der Waals surface area (Å²) >= 11 is 0. The van der Waals surface area contributed by atoms with E-state index in [-0.39, 0.29) is 66.6 Å². The lowest BCUT2D eigenvalue weighted by molar-refractivity contribution is -0.148. The Morgan fingerprint density at radius 2 is 1.55 bits per heavy atom. The van der Waals surface area contributed by atoms with Crippen LogP contribution in [0.15, 0.2) is 30.3 Å². The van der Waals surface area contributed by atoms with E-state index >= 15 is 0 Å². The molecule has 2 rings (SSSR count). The number of amides is 3. The molecule has 1 heterocycles. The van der Waals surface area contributed by atoms with E-state index in [0.717, 1.165) is 18.4 Å². The average molecular weight is 745 g/mol. The second-order valence-corrected chi connectivity index (χ2v) is 15.9. The third kappa shape index (κ3) is 12.3. The Kier molecular flexibility index (Phi) is 18.6. The number of Topliss-reactive ketones (excluding diaryl/α,β-unsaturated/α-hetero) is 1. The molecule has 12 heteroatoms. The molecule has 1 aromatic carbocycles. The van der Waals surface area contributed by atoms with E-state index in [1.165, 1.54) is 7.11 Å². The number of likely N-dealkylation sites (tertiary alicyclic amines) is 1. The Labute approximate surface area is 318 Å². The Bertz CT molecular complexity index is 1330. The van der Waals surface area contributed by atoms with Crippen LogP contribution in [0.5, 0.6) is 0 Å². The number of nitrogens with one attached hydrogen (secondary N) is 1. The quantitative estimate of drug-likeness (QED) is 0.175. The molecule has 0 aliphatic carbocycles. The van der Waals surface area contributed by atoms with E-state index in [0.29, 0.717) is 13.0 Å². The van der Waals surface area contributed by atoms with Crippen molar-refractivity contribution < 1.29 is 38.6 Å². The summed E-state index contributed by atoms with van der Waals surface area (Å²) in [6.45, 7) is 14.1. The maximum Gasteiger partial charge on any atom is 0.307 e. The van der Waals surface area contributed by atoms with Gasteiger partial charge in [0.15, 0.2) is 0 Å². The first-order valence-electron chi connectivity index (χ1n) is 19.3. The van der Waals surface area contributed by atoms with Gasteiger partial charge in [-0.05, 0) is 56.7 Å². The minimum absolute atomic E-state index is 0.00527. The summed E-state index contributed by atoms with van der Waals surface area (Å²) in [6, 6.07) is 7.23. The number of methoxy groups -OCH3 is 2. The average Bonchev–Trinajstić information content (AvgIpc) is 3.59. The van der Waals surface area contributed by atoms with Crippen LogP contribution < -0.4 is 5.32 Å². The number of rotatable bonds is 22. The third-order valence-electron chi connectivity index (χ3n) is 11.2. The highest BCUT2D eigenvalue weighted by Crippen LogP contribution is 2.31. The van der Waals surface area contributed by atoms with Crippen LogP contribution in [-0.2, 0) is 39.9 Å². The molecular formula is C41H68N4O8. The number of carboxylic acid groups (broad SMARTS) is 1. The van der Waals surface area contributed by atoms with Crippen LogP contribution in [0.3, 0.4) is 0 Å². The summed E-state index contributed by atoms with van der Waals surface area (Å²) < 4.78 is 11.9. The van der Waals surface area contributed by atoms with Crippen molar-refractivity contribution in [3.05, 3.63) is 35.9 Å². The molecule has 53 heavy (non-hydrogen) atoms. The zero-order valence-corrected chi connectivity index (χ0v) is 34.3. The first-order chi connectivity index (χ1) is 24.9. The van der Waals surface area contributed by atoms with Gasteiger partial charge in [0.25, 0.3) is 0 Å². The number of carbonyl (C=O) groups excluding carboxylic acids is 4. The Balaban J connectivity index is 2.27. The lowest BCUT2D eigenvalue weighted by atomic mass is 9.85. The van der Waals surface area contributed by atoms with Gasteiger partial charge < -0.3 is 29.7 Å². The summed E-state index contributed by atoms with van der Waals surface area (Å²) in [5, 5.41) is 13.0. The van der Waals surface area contributed by atoms with Gasteiger partial charge >= 0.3 is 5.97 Å². The smallest absolute Gasteiger partial charge is 0.307 e. The zero-order valence-electron chi connectivity index (χ0n) is 34.3. The number of carbonyl (C=O) groups is 5. The standard InChI is InChI=1S/C41H68N4O8/c1-13-27(6)37(44(10)40(49)35(25(2)3)42-39(48)36(26(4)5)43(8)9)33(52-11)24-34(47)45-21-17-20-31(45)38(53-12)28(7)32(46)23-30(41(50)51)22-29-18-15-14-16-19-29/h14-16,18-19,25-28,30-31,33,35-38H,13,17,20-24H2,1-12H3,(H,42,48)(H,50,51)/t27-,28-,30+,31-,33+,35-,36?,37-,38+/m0/s1. The van der Waals surface area contributed by atoms with Crippen molar-refractivity contribution in [1.29, 1.82) is 0 Å². The van der Waals surface area contributed by atoms with Gasteiger partial charge in [0.1, 0.15) is 11.8 Å². The molecule has 1 fully saturated rings. The maximum atomic E-state index is 14.2. The number of aliphatic carboxylic acids is 1. The van der Waals surface area contributed by atoms with Gasteiger partial charge in [-0.1, -0.05) is 85.2 Å². The fraction of sp³-hybridized carbons (Fsp3) is 0.732. The second-order valence-electron chi connectivity index (χ2n) is 15.9. The molecule has 0 bridgehead atoms. The first-order valence-corrected chi connectivity index (χ1v) is 19.3. The fourth-order valence-corrected chi connectivity index (χ4v) is 8.02. The summed E-state index contributed by atoms with van der Waals surface area (Å²) in [6.07, 6.45) is 0.938. The Morgan fingerprint density at radius 1 is 0.925 bits per heavy atom. The normalized spacial score (nSPS) is 19.3. The van der Waals surface area contributed by atoms with Gasteiger partial charge in [0.05, 0.1) is 42.7 Å². The predicted octanol–water partition coefficient (Wildman–Crippen LogP) is 4.54. The number of benzene rings is 1. The number of ketones is 1. The van der Waals surface area contributed by atoms with E-state index in [1.54, 1.807) is 30.9 Å². The van der Waals surface area contributed by atoms with Crippen LogP contribution in [-0.4, -0.2) is 128 Å². The van der Waals surface area contributed by atoms with Crippen molar-refractivity contribution in [2.75, 3.05) is 41.9 Å². The van der Waals surface area contributed by atoms with Gasteiger partial charge in [0.2, 0.25) is 17.7 Å². The van der Waals surface area contributed by atoms with Crippen molar-refractivity contribution in [2.45, 2.75) is 123 Å². The summed E-state index contributed by atoms with van der Waals surface area (Å²) in [7, 11) is 8.49. The lowest BCUT2D eigenvalue weighted by Crippen LogP contribution is -2.59. The van der Waals surface area contributed by atoms with Gasteiger partial charge in [-0.3, -0.25) is 28.9 Å². The zero-order chi connectivity index (χ0) is 40.2. The fourth-order valence-electron chi connectivity index (χ4n) is 8.02. The first kappa shape index (κ1) is 45.8. The van der Waals surface area contributed by atoms with Crippen LogP contribution in [0.1, 0.15) is 86.1 Å². The molecule has 300 valence electrons. The minimum atomic E-state index is -1.03. The molecule has 1 unspecified atom stereocenters. The SMILES string of the molecule is CC[C@H](C)[C@@H]([C@@H](CC(=O)N1CCC[C@H]1[C@H](OC)[C@@H](C)C(=O)C[C@@H](Cc1ccccc1)C(=O)O)OC)N(C)C(=O)[C@@H](NC(=O)C(C(C)C)N(C)C)C(C)C. The molecule has 0 radical (unpaired) electrons. The maximum absolute atomic E-state index is 14.2. The predicted molar refractivity (Wildman–Crippen MR) is 206 cm³/mol. The third-order valence-corrected chi connectivity index (χ3v) is 11.2. The summed E-state index contributed by atoms with van der Waals surface area (Å²) in [5.74, 6) is -3.56. The van der Waals surface area contributed by atoms with E-state index in [2.05, 4.69) is 5.32 Å². The van der Waals surface area contributed by atoms with Gasteiger partial charge in [0, 0.05) is 40.2 Å². The van der Waals surface area contributed by atoms with Crippen molar-refractivity contribution in [3.8, 4) is 0 Å². The van der Waals surface area contributed by atoms with E-state index in [9.17, 15) is 29.1 Å². The number of ether oxygens (including phenoxy) is 2. The highest BCUT2D eigenvalue weighted by molar-refractivity contribution is 5.90. The molecule has 0 spiro atoms. The molecule has 1 aliphatic heterocycles. The Hall–Kier alpha value is -3.35. The number of hydrogen-bond donors (Lipinski definition) is 2. The second kappa shape index (κ2) is 21.5. The van der Waals surface area contributed by atoms with E-state index in [4.69, 9.17) is 9.47 Å². The molecule has 3 amide bonds. The van der Waals surface area contributed by atoms with Crippen molar-refractivity contribution in [3.63, 3.8) is 0 Å². The van der Waals surface area contributed by atoms with E-state index in [1.807, 2.05) is 90.9 Å². The van der Waals surface area contributed by atoms with Crippen molar-refractivity contribution >= 4 is 29.5 Å². The van der Waals surface area contributed by atoms with Crippen LogP contribution in [0.25, 0.3) is 0 Å². The number of carboxylic acids is 1. The molecule has 0 saturated carbocycles. The molecule has 9 atom stereocenters. The van der Waals surface area contributed by atoms with Gasteiger partial charge in [-0.25, -0.2) is 0 Å². The van der Waals surface area contributed by atoms with Crippen LogP contribution >= 0.6 is 0 Å². The minimum Gasteiger partial charge on any atom is -0.481 e. The van der Waals surface area contributed by atoms with Gasteiger partial charge in [-0.2, -0.15) is 0 Å². The summed E-state index contributed by atoms with van der Waals surface area (Å²) in [4.78, 5) is 72.8. The van der Waals surface area contributed by atoms with E-state index < -0.39 is 48.1 Å². The summed E-state index contributed by atoms with van der Waals surface area (Å²) in [5.41, 5.74) is 0.848. The molecule has 1 aliphatic rings. The van der Waals surface area contributed by atoms with Crippen LogP contribution in [0, 0.1) is 29.6 Å². The highest BCUT2D eigenvalue weighted by Gasteiger charge is 2.43. The molecule has 2 N–H and O–H groups in total.